The lowest BCUT2D eigenvalue weighted by molar-refractivity contribution is 0.793. The molecule has 0 radical (unpaired) electrons. The van der Waals surface area contributed by atoms with Crippen molar-refractivity contribution in [3.63, 3.8) is 0 Å². The number of benzene rings is 9. The van der Waals surface area contributed by atoms with Gasteiger partial charge in [-0.15, -0.1) is 11.3 Å². The number of hydrogen-bond acceptors (Lipinski definition) is 2. The van der Waals surface area contributed by atoms with Gasteiger partial charge < -0.3 is 4.90 Å². The molecule has 0 N–H and O–H groups in total. The van der Waals surface area contributed by atoms with E-state index in [2.05, 4.69) is 217 Å². The fourth-order valence-corrected chi connectivity index (χ4v) is 11.2. The monoisotopic (exact) mass is 741 g/mol. The summed E-state index contributed by atoms with van der Waals surface area (Å²) in [6.45, 7) is 0. The second kappa shape index (κ2) is 12.5. The quantitative estimate of drug-likeness (QED) is 0.170. The summed E-state index contributed by atoms with van der Waals surface area (Å²) < 4.78 is 2.64. The van der Waals surface area contributed by atoms with E-state index < -0.39 is 5.41 Å². The van der Waals surface area contributed by atoms with Gasteiger partial charge in [-0.1, -0.05) is 176 Å². The molecule has 1 nitrogen and oxygen atoms in total. The van der Waals surface area contributed by atoms with E-state index in [1.54, 1.807) is 0 Å². The molecule has 0 saturated carbocycles. The minimum atomic E-state index is -0.432. The highest BCUT2D eigenvalue weighted by Crippen LogP contribution is 2.63. The van der Waals surface area contributed by atoms with Gasteiger partial charge in [-0.05, 0) is 97.6 Å². The van der Waals surface area contributed by atoms with Crippen LogP contribution in [0.5, 0.6) is 0 Å². The SMILES string of the molecule is c1ccc(-c2ccccc2N(c2cccc(-c3cccc4c3sc3ccccc34)c2)c2ccc3c(c2)C2(c4ccccc4-c4ccccc42)c2ccccc2-3)cc1. The van der Waals surface area contributed by atoms with E-state index in [1.807, 2.05) is 11.3 Å². The Hall–Kier alpha value is -7.00. The van der Waals surface area contributed by atoms with Gasteiger partial charge in [0.15, 0.2) is 0 Å². The molecular weight excluding hydrogens is 707 g/mol. The van der Waals surface area contributed by atoms with Crippen molar-refractivity contribution in [2.75, 3.05) is 4.90 Å². The fraction of sp³-hybridized carbons (Fsp3) is 0.0182. The smallest absolute Gasteiger partial charge is 0.0726 e. The summed E-state index contributed by atoms with van der Waals surface area (Å²) in [7, 11) is 0. The average Bonchev–Trinajstić information content (AvgIpc) is 3.91. The van der Waals surface area contributed by atoms with E-state index in [9.17, 15) is 0 Å². The average molecular weight is 742 g/mol. The maximum atomic E-state index is 2.50. The summed E-state index contributed by atoms with van der Waals surface area (Å²) in [6, 6.07) is 78.7. The Morgan fingerprint density at radius 2 is 0.860 bits per heavy atom. The topological polar surface area (TPSA) is 3.24 Å². The molecule has 9 aromatic carbocycles. The molecule has 0 fully saturated rings. The van der Waals surface area contributed by atoms with Crippen LogP contribution >= 0.6 is 11.3 Å². The zero-order chi connectivity index (χ0) is 37.5. The number of para-hydroxylation sites is 1. The van der Waals surface area contributed by atoms with Gasteiger partial charge in [-0.3, -0.25) is 0 Å². The number of anilines is 3. The van der Waals surface area contributed by atoms with Crippen LogP contribution in [0.4, 0.5) is 17.1 Å². The van der Waals surface area contributed by atoms with Crippen molar-refractivity contribution in [1.82, 2.24) is 0 Å². The number of thiophene rings is 1. The summed E-state index contributed by atoms with van der Waals surface area (Å²) in [4.78, 5) is 2.49. The lowest BCUT2D eigenvalue weighted by atomic mass is 9.70. The Labute approximate surface area is 336 Å². The summed E-state index contributed by atoms with van der Waals surface area (Å²) in [5.74, 6) is 0. The molecule has 1 aromatic heterocycles. The van der Waals surface area contributed by atoms with E-state index in [0.717, 1.165) is 17.1 Å². The van der Waals surface area contributed by atoms with Crippen LogP contribution < -0.4 is 4.90 Å². The zero-order valence-electron chi connectivity index (χ0n) is 31.1. The normalized spacial score (nSPS) is 13.1. The van der Waals surface area contributed by atoms with Crippen LogP contribution in [-0.4, -0.2) is 0 Å². The van der Waals surface area contributed by atoms with Crippen LogP contribution in [0.25, 0.3) is 64.7 Å². The summed E-state index contributed by atoms with van der Waals surface area (Å²) in [6.07, 6.45) is 0. The fourth-order valence-electron chi connectivity index (χ4n) is 9.97. The minimum absolute atomic E-state index is 0.432. The largest absolute Gasteiger partial charge is 0.310 e. The van der Waals surface area contributed by atoms with E-state index in [1.165, 1.54) is 86.9 Å². The predicted octanol–water partition coefficient (Wildman–Crippen LogP) is 15.2. The van der Waals surface area contributed by atoms with Gasteiger partial charge in [-0.25, -0.2) is 0 Å². The first-order valence-corrected chi connectivity index (χ1v) is 20.5. The third-order valence-electron chi connectivity index (χ3n) is 12.3. The molecule has 0 aliphatic heterocycles. The zero-order valence-corrected chi connectivity index (χ0v) is 31.9. The van der Waals surface area contributed by atoms with Gasteiger partial charge in [0, 0.05) is 37.1 Å². The molecule has 266 valence electrons. The van der Waals surface area contributed by atoms with Crippen molar-refractivity contribution in [1.29, 1.82) is 0 Å². The third-order valence-corrected chi connectivity index (χ3v) is 13.5. The molecule has 0 saturated heterocycles. The van der Waals surface area contributed by atoms with Gasteiger partial charge in [0.25, 0.3) is 0 Å². The Morgan fingerprint density at radius 3 is 1.60 bits per heavy atom. The lowest BCUT2D eigenvalue weighted by Crippen LogP contribution is -2.26. The second-order valence-corrected chi connectivity index (χ2v) is 16.2. The molecule has 2 heteroatoms. The molecule has 2 aliphatic carbocycles. The molecule has 1 spiro atoms. The molecule has 10 aromatic rings. The number of fused-ring (bicyclic) bond motifs is 13. The van der Waals surface area contributed by atoms with Crippen molar-refractivity contribution in [3.05, 3.63) is 235 Å². The van der Waals surface area contributed by atoms with Crippen molar-refractivity contribution in [2.45, 2.75) is 5.41 Å². The highest BCUT2D eigenvalue weighted by atomic mass is 32.1. The highest BCUT2D eigenvalue weighted by Gasteiger charge is 2.51. The molecule has 0 unspecified atom stereocenters. The molecule has 0 amide bonds. The van der Waals surface area contributed by atoms with Crippen molar-refractivity contribution >= 4 is 48.6 Å². The third kappa shape index (κ3) is 4.62. The maximum Gasteiger partial charge on any atom is 0.0726 e. The van der Waals surface area contributed by atoms with Crippen molar-refractivity contribution < 1.29 is 0 Å². The van der Waals surface area contributed by atoms with Gasteiger partial charge >= 0.3 is 0 Å². The summed E-state index contributed by atoms with van der Waals surface area (Å²) in [5.41, 5.74) is 18.4. The number of rotatable bonds is 5. The maximum absolute atomic E-state index is 2.50. The molecule has 57 heavy (non-hydrogen) atoms. The van der Waals surface area contributed by atoms with Crippen LogP contribution in [0.1, 0.15) is 22.3 Å². The molecule has 0 bridgehead atoms. The molecule has 2 aliphatic rings. The minimum Gasteiger partial charge on any atom is -0.310 e. The first kappa shape index (κ1) is 32.3. The first-order chi connectivity index (χ1) is 28.3. The van der Waals surface area contributed by atoms with E-state index >= 15 is 0 Å². The van der Waals surface area contributed by atoms with Crippen molar-refractivity contribution in [2.24, 2.45) is 0 Å². The van der Waals surface area contributed by atoms with Gasteiger partial charge in [0.05, 0.1) is 11.1 Å². The van der Waals surface area contributed by atoms with Gasteiger partial charge in [0.2, 0.25) is 0 Å². The van der Waals surface area contributed by atoms with Crippen LogP contribution in [-0.2, 0) is 5.41 Å². The van der Waals surface area contributed by atoms with Crippen LogP contribution in [0.3, 0.4) is 0 Å². The molecule has 12 rings (SSSR count). The highest BCUT2D eigenvalue weighted by molar-refractivity contribution is 7.26. The molecular formula is C55H35NS. The second-order valence-electron chi connectivity index (χ2n) is 15.2. The number of nitrogens with zero attached hydrogens (tertiary/aromatic N) is 1. The number of hydrogen-bond donors (Lipinski definition) is 0. The molecule has 1 heterocycles. The Kier molecular flexibility index (Phi) is 7.08. The summed E-state index contributed by atoms with van der Waals surface area (Å²) >= 11 is 1.88. The van der Waals surface area contributed by atoms with Crippen LogP contribution in [0, 0.1) is 0 Å². The predicted molar refractivity (Wildman–Crippen MR) is 241 cm³/mol. The Balaban J connectivity index is 1.12. The van der Waals surface area contributed by atoms with E-state index in [-0.39, 0.29) is 0 Å². The van der Waals surface area contributed by atoms with Crippen LogP contribution in [0.2, 0.25) is 0 Å². The van der Waals surface area contributed by atoms with Crippen LogP contribution in [0.15, 0.2) is 212 Å². The Bertz CT molecular complexity index is 3140. The van der Waals surface area contributed by atoms with Gasteiger partial charge in [0.1, 0.15) is 0 Å². The first-order valence-electron chi connectivity index (χ1n) is 19.7. The molecule has 0 atom stereocenters. The Morgan fingerprint density at radius 1 is 0.333 bits per heavy atom. The van der Waals surface area contributed by atoms with E-state index in [4.69, 9.17) is 0 Å². The summed E-state index contributed by atoms with van der Waals surface area (Å²) in [5, 5.41) is 2.63. The van der Waals surface area contributed by atoms with Crippen molar-refractivity contribution in [3.8, 4) is 44.5 Å². The standard InChI is InChI=1S/C55H35NS/c1-2-16-36(17-3-1)40-20-7-12-30-52(40)56(38-19-14-18-37(34-38)41-25-15-26-47-46-24-8-13-31-53(46)57-54(41)47)39-32-33-45-44-23-6-11-29-50(44)55(51(45)35-39)48-27-9-4-21-42(48)43-22-5-10-28-49(43)55/h1-35H. The van der Waals surface area contributed by atoms with Gasteiger partial charge in [-0.2, -0.15) is 0 Å². The lowest BCUT2D eigenvalue weighted by Gasteiger charge is -2.33. The van der Waals surface area contributed by atoms with E-state index in [0.29, 0.717) is 0 Å².